The number of halogens is 2. The number of aromatic nitrogens is 2. The monoisotopic (exact) mass is 533 g/mol. The summed E-state index contributed by atoms with van der Waals surface area (Å²) in [6, 6.07) is 7.91. The second kappa shape index (κ2) is 13.2. The molecule has 0 radical (unpaired) electrons. The van der Waals surface area contributed by atoms with E-state index >= 15 is 0 Å². The first kappa shape index (κ1) is 26.6. The summed E-state index contributed by atoms with van der Waals surface area (Å²) < 4.78 is 31.0. The van der Waals surface area contributed by atoms with Gasteiger partial charge in [0.1, 0.15) is 18.0 Å². The van der Waals surface area contributed by atoms with E-state index in [9.17, 15) is 9.18 Å². The molecule has 2 heterocycles. The third-order valence-electron chi connectivity index (χ3n) is 5.72. The summed E-state index contributed by atoms with van der Waals surface area (Å²) in [5.74, 6) is 1.02. The van der Waals surface area contributed by atoms with Gasteiger partial charge in [-0.25, -0.2) is 19.2 Å². The zero-order valence-electron chi connectivity index (χ0n) is 20.2. The Labute approximate surface area is 218 Å². The maximum absolute atomic E-state index is 13.6. The molecule has 2 aromatic carbocycles. The van der Waals surface area contributed by atoms with Crippen LogP contribution in [0.25, 0.3) is 10.9 Å². The number of rotatable bonds is 12. The minimum absolute atomic E-state index is 0.000672. The molecule has 3 N–H and O–H groups in total. The van der Waals surface area contributed by atoms with Gasteiger partial charge in [0.2, 0.25) is 0 Å². The number of carbonyl (C=O) groups is 1. The van der Waals surface area contributed by atoms with Crippen LogP contribution < -0.4 is 20.1 Å². The van der Waals surface area contributed by atoms with Crippen LogP contribution in [0, 0.1) is 5.82 Å². The third-order valence-corrected chi connectivity index (χ3v) is 6.01. The molecular formula is C25H29ClFN5O5. The SMILES string of the molecule is O=C(O)NCCCOc1cc2ncnc(Nc3ccc(F)c(Cl)c3)c2cc1OCCCN1CCOCC1. The van der Waals surface area contributed by atoms with Gasteiger partial charge in [-0.2, -0.15) is 0 Å². The number of anilines is 2. The summed E-state index contributed by atoms with van der Waals surface area (Å²) in [4.78, 5) is 21.7. The maximum Gasteiger partial charge on any atom is 0.404 e. The zero-order valence-corrected chi connectivity index (χ0v) is 21.0. The van der Waals surface area contributed by atoms with E-state index in [0.717, 1.165) is 39.3 Å². The summed E-state index contributed by atoms with van der Waals surface area (Å²) in [6.07, 6.45) is 1.65. The van der Waals surface area contributed by atoms with Gasteiger partial charge in [0.05, 0.1) is 37.0 Å². The highest BCUT2D eigenvalue weighted by Gasteiger charge is 2.14. The Morgan fingerprint density at radius 1 is 1.11 bits per heavy atom. The molecule has 0 spiro atoms. The van der Waals surface area contributed by atoms with E-state index in [2.05, 4.69) is 25.5 Å². The van der Waals surface area contributed by atoms with E-state index in [0.29, 0.717) is 53.5 Å². The van der Waals surface area contributed by atoms with E-state index in [1.54, 1.807) is 12.1 Å². The van der Waals surface area contributed by atoms with Crippen molar-refractivity contribution in [3.05, 3.63) is 47.5 Å². The average Bonchev–Trinajstić information content (AvgIpc) is 2.89. The number of ether oxygens (including phenoxy) is 3. The van der Waals surface area contributed by atoms with Crippen LogP contribution in [0.15, 0.2) is 36.7 Å². The van der Waals surface area contributed by atoms with Gasteiger partial charge in [0, 0.05) is 43.3 Å². The Morgan fingerprint density at radius 3 is 2.62 bits per heavy atom. The van der Waals surface area contributed by atoms with Gasteiger partial charge >= 0.3 is 6.09 Å². The lowest BCUT2D eigenvalue weighted by atomic mass is 10.2. The number of hydrogen-bond donors (Lipinski definition) is 3. The van der Waals surface area contributed by atoms with Gasteiger partial charge in [-0.1, -0.05) is 11.6 Å². The lowest BCUT2D eigenvalue weighted by Gasteiger charge is -2.26. The number of nitrogens with zero attached hydrogens (tertiary/aromatic N) is 3. The Morgan fingerprint density at radius 2 is 1.86 bits per heavy atom. The number of carboxylic acid groups (broad SMARTS) is 1. The second-order valence-corrected chi connectivity index (χ2v) is 8.79. The van der Waals surface area contributed by atoms with Crippen molar-refractivity contribution in [2.75, 3.05) is 57.9 Å². The molecule has 37 heavy (non-hydrogen) atoms. The minimum atomic E-state index is -1.07. The van der Waals surface area contributed by atoms with Crippen molar-refractivity contribution >= 4 is 40.1 Å². The van der Waals surface area contributed by atoms with Gasteiger partial charge in [0.15, 0.2) is 11.5 Å². The van der Waals surface area contributed by atoms with Crippen molar-refractivity contribution in [1.82, 2.24) is 20.2 Å². The Hall–Kier alpha value is -3.41. The first-order chi connectivity index (χ1) is 18.0. The third kappa shape index (κ3) is 7.78. The summed E-state index contributed by atoms with van der Waals surface area (Å²) in [7, 11) is 0. The molecule has 3 aromatic rings. The molecule has 1 fully saturated rings. The van der Waals surface area contributed by atoms with E-state index in [1.807, 2.05) is 6.07 Å². The second-order valence-electron chi connectivity index (χ2n) is 8.38. The van der Waals surface area contributed by atoms with Crippen LogP contribution in [0.1, 0.15) is 12.8 Å². The molecule has 1 saturated heterocycles. The molecule has 1 aromatic heterocycles. The molecule has 0 saturated carbocycles. The number of benzene rings is 2. The van der Waals surface area contributed by atoms with Crippen molar-refractivity contribution in [2.45, 2.75) is 12.8 Å². The molecule has 0 bridgehead atoms. The standard InChI is InChI=1S/C25H29ClFN5O5/c26-19-13-17(3-4-20(19)27)31-24-18-14-22(37-10-2-6-32-7-11-35-12-8-32)23(15-21(18)29-16-30-24)36-9-1-5-28-25(33)34/h3-4,13-16,28H,1-2,5-12H2,(H,33,34)(H,29,30,31). The molecule has 198 valence electrons. The highest BCUT2D eigenvalue weighted by atomic mass is 35.5. The first-order valence-corrected chi connectivity index (χ1v) is 12.4. The Kier molecular flexibility index (Phi) is 9.52. The fraction of sp³-hybridized carbons (Fsp3) is 0.400. The lowest BCUT2D eigenvalue weighted by molar-refractivity contribution is 0.0357. The van der Waals surface area contributed by atoms with Gasteiger partial charge in [-0.05, 0) is 37.1 Å². The van der Waals surface area contributed by atoms with Crippen molar-refractivity contribution in [3.8, 4) is 11.5 Å². The molecule has 10 nitrogen and oxygen atoms in total. The van der Waals surface area contributed by atoms with Crippen molar-refractivity contribution in [3.63, 3.8) is 0 Å². The lowest BCUT2D eigenvalue weighted by Crippen LogP contribution is -2.37. The summed E-state index contributed by atoms with van der Waals surface area (Å²) in [5.41, 5.74) is 1.19. The molecule has 0 aliphatic carbocycles. The van der Waals surface area contributed by atoms with Crippen molar-refractivity contribution in [1.29, 1.82) is 0 Å². The molecule has 12 heteroatoms. The highest BCUT2D eigenvalue weighted by Crippen LogP contribution is 2.35. The van der Waals surface area contributed by atoms with E-state index in [-0.39, 0.29) is 11.6 Å². The Bertz CT molecular complexity index is 1210. The minimum Gasteiger partial charge on any atom is -0.490 e. The van der Waals surface area contributed by atoms with E-state index < -0.39 is 11.9 Å². The van der Waals surface area contributed by atoms with Gasteiger partial charge < -0.3 is 30.0 Å². The number of amides is 1. The first-order valence-electron chi connectivity index (χ1n) is 12.0. The molecule has 1 aliphatic rings. The maximum atomic E-state index is 13.6. The van der Waals surface area contributed by atoms with Gasteiger partial charge in [0.25, 0.3) is 0 Å². The van der Waals surface area contributed by atoms with Crippen LogP contribution >= 0.6 is 11.6 Å². The van der Waals surface area contributed by atoms with Gasteiger partial charge in [-0.3, -0.25) is 4.90 Å². The normalized spacial score (nSPS) is 13.9. The van der Waals surface area contributed by atoms with E-state index in [1.165, 1.54) is 18.5 Å². The predicted octanol–water partition coefficient (Wildman–Crippen LogP) is 4.30. The molecular weight excluding hydrogens is 505 g/mol. The van der Waals surface area contributed by atoms with Crippen LogP contribution in [-0.2, 0) is 4.74 Å². The van der Waals surface area contributed by atoms with Crippen LogP contribution in [0.2, 0.25) is 5.02 Å². The van der Waals surface area contributed by atoms with Crippen LogP contribution in [0.3, 0.4) is 0 Å². The fourth-order valence-corrected chi connectivity index (χ4v) is 4.03. The van der Waals surface area contributed by atoms with E-state index in [4.69, 9.17) is 30.9 Å². The van der Waals surface area contributed by atoms with Crippen molar-refractivity contribution in [2.24, 2.45) is 0 Å². The summed E-state index contributed by atoms with van der Waals surface area (Å²) in [5, 5.41) is 14.9. The Balaban J connectivity index is 1.51. The molecule has 1 amide bonds. The average molecular weight is 534 g/mol. The zero-order chi connectivity index (χ0) is 26.0. The van der Waals surface area contributed by atoms with Crippen LogP contribution in [0.4, 0.5) is 20.7 Å². The number of nitrogens with one attached hydrogen (secondary N) is 2. The smallest absolute Gasteiger partial charge is 0.404 e. The highest BCUT2D eigenvalue weighted by molar-refractivity contribution is 6.31. The summed E-state index contributed by atoms with van der Waals surface area (Å²) in [6.45, 7) is 5.25. The van der Waals surface area contributed by atoms with Crippen LogP contribution in [0.5, 0.6) is 11.5 Å². The fourth-order valence-electron chi connectivity index (χ4n) is 3.84. The van der Waals surface area contributed by atoms with Crippen molar-refractivity contribution < 1.29 is 28.5 Å². The summed E-state index contributed by atoms with van der Waals surface area (Å²) >= 11 is 5.93. The predicted molar refractivity (Wildman–Crippen MR) is 138 cm³/mol. The van der Waals surface area contributed by atoms with Crippen LogP contribution in [-0.4, -0.2) is 78.7 Å². The molecule has 4 rings (SSSR count). The largest absolute Gasteiger partial charge is 0.490 e. The number of fused-ring (bicyclic) bond motifs is 1. The number of hydrogen-bond acceptors (Lipinski definition) is 8. The molecule has 0 atom stereocenters. The van der Waals surface area contributed by atoms with Gasteiger partial charge in [-0.15, -0.1) is 0 Å². The quantitative estimate of drug-likeness (QED) is 0.293. The molecule has 1 aliphatic heterocycles. The number of morpholine rings is 1. The molecule has 0 unspecified atom stereocenters. The topological polar surface area (TPSA) is 118 Å².